The van der Waals surface area contributed by atoms with E-state index in [1.165, 1.54) is 25.7 Å². The lowest BCUT2D eigenvalue weighted by molar-refractivity contribution is -0.117. The molecule has 0 radical (unpaired) electrons. The molecule has 3 nitrogen and oxygen atoms in total. The first-order chi connectivity index (χ1) is 9.31. The number of benzene rings is 1. The monoisotopic (exact) mass is 258 g/mol. The number of anilines is 2. The van der Waals surface area contributed by atoms with E-state index in [4.69, 9.17) is 0 Å². The van der Waals surface area contributed by atoms with Gasteiger partial charge in [-0.25, -0.2) is 0 Å². The first kappa shape index (κ1) is 12.5. The van der Waals surface area contributed by atoms with Crippen molar-refractivity contribution in [1.82, 2.24) is 0 Å². The van der Waals surface area contributed by atoms with Crippen molar-refractivity contribution in [2.75, 3.05) is 17.2 Å². The van der Waals surface area contributed by atoms with E-state index in [-0.39, 0.29) is 11.8 Å². The first-order valence-corrected chi connectivity index (χ1v) is 7.46. The molecular weight excluding hydrogens is 236 g/mol. The van der Waals surface area contributed by atoms with Gasteiger partial charge in [0.15, 0.2) is 0 Å². The Morgan fingerprint density at radius 1 is 1.00 bits per heavy atom. The molecule has 0 unspecified atom stereocenters. The third-order valence-electron chi connectivity index (χ3n) is 4.17. The predicted molar refractivity (Wildman–Crippen MR) is 78.2 cm³/mol. The van der Waals surface area contributed by atoms with Crippen molar-refractivity contribution < 1.29 is 4.79 Å². The van der Waals surface area contributed by atoms with Gasteiger partial charge in [-0.15, -0.1) is 0 Å². The molecule has 1 aromatic rings. The van der Waals surface area contributed by atoms with Crippen LogP contribution in [0.3, 0.4) is 0 Å². The maximum atomic E-state index is 11.6. The summed E-state index contributed by atoms with van der Waals surface area (Å²) >= 11 is 0. The maximum absolute atomic E-state index is 11.6. The number of hydrogen-bond acceptors (Lipinski definition) is 2. The predicted octanol–water partition coefficient (Wildman–Crippen LogP) is 3.64. The van der Waals surface area contributed by atoms with Crippen molar-refractivity contribution in [2.45, 2.75) is 38.5 Å². The van der Waals surface area contributed by atoms with E-state index >= 15 is 0 Å². The molecule has 3 heteroatoms. The Kier molecular flexibility index (Phi) is 3.72. The Morgan fingerprint density at radius 3 is 2.26 bits per heavy atom. The van der Waals surface area contributed by atoms with Gasteiger partial charge in [-0.1, -0.05) is 12.8 Å². The molecule has 1 aromatic carbocycles. The molecule has 2 saturated carbocycles. The van der Waals surface area contributed by atoms with Crippen LogP contribution in [0.1, 0.15) is 38.5 Å². The molecule has 0 aromatic heterocycles. The van der Waals surface area contributed by atoms with Crippen molar-refractivity contribution in [3.8, 4) is 0 Å². The fourth-order valence-electron chi connectivity index (χ4n) is 2.74. The fourth-order valence-corrected chi connectivity index (χ4v) is 2.74. The summed E-state index contributed by atoms with van der Waals surface area (Å²) in [5, 5.41) is 6.45. The molecule has 2 N–H and O–H groups in total. The Hall–Kier alpha value is -1.51. The van der Waals surface area contributed by atoms with E-state index in [1.807, 2.05) is 12.1 Å². The van der Waals surface area contributed by atoms with E-state index in [0.717, 1.165) is 36.7 Å². The number of amides is 1. The fraction of sp³-hybridized carbons (Fsp3) is 0.562. The van der Waals surface area contributed by atoms with Crippen LogP contribution in [0.15, 0.2) is 24.3 Å². The summed E-state index contributed by atoms with van der Waals surface area (Å²) in [5.74, 6) is 1.28. The molecule has 0 spiro atoms. The van der Waals surface area contributed by atoms with Crippen LogP contribution in [0.2, 0.25) is 0 Å². The molecule has 0 heterocycles. The van der Waals surface area contributed by atoms with Crippen LogP contribution in [0, 0.1) is 11.8 Å². The molecule has 102 valence electrons. The van der Waals surface area contributed by atoms with E-state index in [2.05, 4.69) is 22.8 Å². The zero-order valence-corrected chi connectivity index (χ0v) is 11.3. The highest BCUT2D eigenvalue weighted by Crippen LogP contribution is 2.30. The van der Waals surface area contributed by atoms with Gasteiger partial charge in [0, 0.05) is 23.8 Å². The van der Waals surface area contributed by atoms with Gasteiger partial charge in [0.1, 0.15) is 0 Å². The van der Waals surface area contributed by atoms with E-state index in [9.17, 15) is 4.79 Å². The van der Waals surface area contributed by atoms with E-state index < -0.39 is 0 Å². The summed E-state index contributed by atoms with van der Waals surface area (Å²) in [6.07, 6.45) is 7.60. The van der Waals surface area contributed by atoms with Crippen LogP contribution >= 0.6 is 0 Å². The van der Waals surface area contributed by atoms with Gasteiger partial charge >= 0.3 is 0 Å². The van der Waals surface area contributed by atoms with Gasteiger partial charge in [0.25, 0.3) is 0 Å². The van der Waals surface area contributed by atoms with Crippen molar-refractivity contribution in [1.29, 1.82) is 0 Å². The second kappa shape index (κ2) is 5.64. The highest BCUT2D eigenvalue weighted by molar-refractivity contribution is 5.94. The summed E-state index contributed by atoms with van der Waals surface area (Å²) in [4.78, 5) is 11.6. The average Bonchev–Trinajstić information content (AvgIpc) is 3.16. The van der Waals surface area contributed by atoms with Crippen LogP contribution in [0.5, 0.6) is 0 Å². The van der Waals surface area contributed by atoms with Gasteiger partial charge in [0.2, 0.25) is 5.91 Å². The Labute approximate surface area is 114 Å². The largest absolute Gasteiger partial charge is 0.385 e. The van der Waals surface area contributed by atoms with Gasteiger partial charge in [-0.2, -0.15) is 0 Å². The summed E-state index contributed by atoms with van der Waals surface area (Å²) in [6, 6.07) is 8.07. The molecule has 0 aliphatic heterocycles. The number of carbonyl (C=O) groups excluding carboxylic acids is 1. The molecule has 19 heavy (non-hydrogen) atoms. The molecule has 2 aliphatic carbocycles. The second-order valence-corrected chi connectivity index (χ2v) is 5.87. The topological polar surface area (TPSA) is 41.1 Å². The first-order valence-electron chi connectivity index (χ1n) is 7.46. The van der Waals surface area contributed by atoms with Crippen LogP contribution in [0.4, 0.5) is 11.4 Å². The molecule has 0 atom stereocenters. The van der Waals surface area contributed by atoms with Crippen LogP contribution < -0.4 is 10.6 Å². The van der Waals surface area contributed by atoms with Gasteiger partial charge in [0.05, 0.1) is 0 Å². The summed E-state index contributed by atoms with van der Waals surface area (Å²) < 4.78 is 0. The summed E-state index contributed by atoms with van der Waals surface area (Å²) in [5.41, 5.74) is 2.06. The average molecular weight is 258 g/mol. The highest BCUT2D eigenvalue weighted by Gasteiger charge is 2.29. The standard InChI is InChI=1S/C16H22N2O/c19-16(13-5-6-13)18-15-9-7-14(8-10-15)17-11-12-3-1-2-4-12/h7-10,12-13,17H,1-6,11H2,(H,18,19). The Morgan fingerprint density at radius 2 is 1.63 bits per heavy atom. The molecule has 2 aliphatic rings. The van der Waals surface area contributed by atoms with Crippen molar-refractivity contribution in [3.63, 3.8) is 0 Å². The zero-order chi connectivity index (χ0) is 13.1. The maximum Gasteiger partial charge on any atom is 0.227 e. The third kappa shape index (κ3) is 3.49. The molecule has 0 bridgehead atoms. The molecule has 0 saturated heterocycles. The minimum atomic E-state index is 0.173. The Balaban J connectivity index is 1.48. The molecule has 2 fully saturated rings. The molecule has 1 amide bonds. The summed E-state index contributed by atoms with van der Waals surface area (Å²) in [7, 11) is 0. The van der Waals surface area contributed by atoms with Crippen molar-refractivity contribution in [3.05, 3.63) is 24.3 Å². The highest BCUT2D eigenvalue weighted by atomic mass is 16.2. The molecule has 3 rings (SSSR count). The second-order valence-electron chi connectivity index (χ2n) is 5.87. The SMILES string of the molecule is O=C(Nc1ccc(NCC2CCCC2)cc1)C1CC1. The number of rotatable bonds is 5. The number of hydrogen-bond donors (Lipinski definition) is 2. The lowest BCUT2D eigenvalue weighted by Gasteiger charge is -2.12. The lowest BCUT2D eigenvalue weighted by atomic mass is 10.1. The van der Waals surface area contributed by atoms with Crippen molar-refractivity contribution >= 4 is 17.3 Å². The van der Waals surface area contributed by atoms with Gasteiger partial charge in [-0.05, 0) is 55.9 Å². The molecular formula is C16H22N2O. The smallest absolute Gasteiger partial charge is 0.227 e. The number of carbonyl (C=O) groups is 1. The van der Waals surface area contributed by atoms with Crippen LogP contribution in [-0.4, -0.2) is 12.5 Å². The van der Waals surface area contributed by atoms with Crippen LogP contribution in [0.25, 0.3) is 0 Å². The Bertz CT molecular complexity index is 431. The normalized spacial score (nSPS) is 19.4. The quantitative estimate of drug-likeness (QED) is 0.846. The number of nitrogens with one attached hydrogen (secondary N) is 2. The van der Waals surface area contributed by atoms with E-state index in [1.54, 1.807) is 0 Å². The lowest BCUT2D eigenvalue weighted by Crippen LogP contribution is -2.13. The third-order valence-corrected chi connectivity index (χ3v) is 4.17. The minimum Gasteiger partial charge on any atom is -0.385 e. The van der Waals surface area contributed by atoms with Gasteiger partial charge in [-0.3, -0.25) is 4.79 Å². The van der Waals surface area contributed by atoms with E-state index in [0.29, 0.717) is 0 Å². The van der Waals surface area contributed by atoms with Gasteiger partial charge < -0.3 is 10.6 Å². The zero-order valence-electron chi connectivity index (χ0n) is 11.3. The summed E-state index contributed by atoms with van der Waals surface area (Å²) in [6.45, 7) is 1.08. The van der Waals surface area contributed by atoms with Crippen molar-refractivity contribution in [2.24, 2.45) is 11.8 Å². The minimum absolute atomic E-state index is 0.173. The van der Waals surface area contributed by atoms with Crippen LogP contribution in [-0.2, 0) is 4.79 Å².